The number of carboxylic acid groups (broad SMARTS) is 1. The number of nitrogens with two attached hydrogens (primary N) is 1. The molecule has 3 rings (SSSR count). The zero-order valence-corrected chi connectivity index (χ0v) is 23.8. The van der Waals surface area contributed by atoms with Gasteiger partial charge in [0.2, 0.25) is 23.5 Å². The Morgan fingerprint density at radius 2 is 1.26 bits per heavy atom. The highest BCUT2D eigenvalue weighted by Gasteiger charge is 2.19. The van der Waals surface area contributed by atoms with Gasteiger partial charge >= 0.3 is 5.97 Å². The number of rotatable bonds is 14. The Balaban J connectivity index is 1.49. The third kappa shape index (κ3) is 8.98. The van der Waals surface area contributed by atoms with E-state index in [0.717, 1.165) is 0 Å². The molecule has 18 heteroatoms. The normalized spacial score (nSPS) is 10.6. The lowest BCUT2D eigenvalue weighted by Crippen LogP contribution is -2.29. The van der Waals surface area contributed by atoms with Gasteiger partial charge in [-0.1, -0.05) is 0 Å². The first kappa shape index (κ1) is 32.0. The molecule has 5 amide bonds. The highest BCUT2D eigenvalue weighted by molar-refractivity contribution is 6.03. The number of aromatic nitrogens is 5. The number of aryl methyl sites for hydroxylation is 3. The Kier molecular flexibility index (Phi) is 10.7. The van der Waals surface area contributed by atoms with E-state index in [1.54, 1.807) is 21.1 Å². The number of carbonyl (C=O) groups is 6. The minimum Gasteiger partial charge on any atom is -0.481 e. The van der Waals surface area contributed by atoms with Crippen LogP contribution in [0.1, 0.15) is 51.0 Å². The van der Waals surface area contributed by atoms with Crippen LogP contribution in [0.5, 0.6) is 0 Å². The van der Waals surface area contributed by atoms with Crippen LogP contribution in [0.3, 0.4) is 0 Å². The Bertz CT molecular complexity index is 1540. The van der Waals surface area contributed by atoms with Gasteiger partial charge in [-0.05, 0) is 6.07 Å². The van der Waals surface area contributed by atoms with Crippen LogP contribution in [0, 0.1) is 0 Å². The average Bonchev–Trinajstić information content (AvgIpc) is 3.59. The minimum atomic E-state index is -1.05. The third-order valence-corrected chi connectivity index (χ3v) is 5.82. The van der Waals surface area contributed by atoms with E-state index in [1.807, 2.05) is 0 Å². The van der Waals surface area contributed by atoms with Gasteiger partial charge in [-0.2, -0.15) is 0 Å². The molecular weight excluding hydrogens is 566 g/mol. The fourth-order valence-electron chi connectivity index (χ4n) is 3.80. The van der Waals surface area contributed by atoms with Gasteiger partial charge in [-0.15, -0.1) is 0 Å². The second-order valence-electron chi connectivity index (χ2n) is 9.34. The molecule has 8 N–H and O–H groups in total. The van der Waals surface area contributed by atoms with Crippen LogP contribution in [-0.4, -0.2) is 83.9 Å². The van der Waals surface area contributed by atoms with Gasteiger partial charge in [0.1, 0.15) is 5.69 Å². The van der Waals surface area contributed by atoms with Crippen LogP contribution in [0.4, 0.5) is 17.3 Å². The maximum Gasteiger partial charge on any atom is 0.305 e. The van der Waals surface area contributed by atoms with E-state index in [2.05, 4.69) is 36.6 Å². The zero-order chi connectivity index (χ0) is 31.7. The van der Waals surface area contributed by atoms with Crippen LogP contribution in [-0.2, 0) is 35.5 Å². The molecule has 0 atom stereocenters. The first-order valence-electron chi connectivity index (χ1n) is 13.0. The quantitative estimate of drug-likeness (QED) is 0.119. The fourth-order valence-corrected chi connectivity index (χ4v) is 3.80. The molecule has 3 heterocycles. The summed E-state index contributed by atoms with van der Waals surface area (Å²) in [6.07, 6.45) is 4.21. The van der Waals surface area contributed by atoms with Crippen LogP contribution < -0.4 is 32.3 Å². The number of amides is 5. The van der Waals surface area contributed by atoms with E-state index in [-0.39, 0.29) is 73.8 Å². The standard InChI is InChI=1S/C25H33N11O7/c1-34-11-14(29-25(43)22-33-16(13-36(22)3)30-18(37)4-7-26)10-15(34)23(41)27-8-5-19(38)31-17-12-35(2)21(32-17)24(42)28-9-6-20(39)40/h10-13H,4-9,26H2,1-3H3,(H,27,41)(H,28,42)(H,29,43)(H,30,37)(H,31,38)(H,39,40). The van der Waals surface area contributed by atoms with E-state index < -0.39 is 29.6 Å². The summed E-state index contributed by atoms with van der Waals surface area (Å²) in [7, 11) is 4.75. The summed E-state index contributed by atoms with van der Waals surface area (Å²) in [5, 5.41) is 21.5. The first-order chi connectivity index (χ1) is 20.4. The van der Waals surface area contributed by atoms with E-state index >= 15 is 0 Å². The molecule has 0 bridgehead atoms. The number of hydrogen-bond donors (Lipinski definition) is 7. The molecule has 0 aromatic carbocycles. The van der Waals surface area contributed by atoms with Crippen molar-refractivity contribution in [2.45, 2.75) is 19.3 Å². The Labute approximate surface area is 245 Å². The van der Waals surface area contributed by atoms with Crippen molar-refractivity contribution in [1.29, 1.82) is 0 Å². The van der Waals surface area contributed by atoms with E-state index in [0.29, 0.717) is 5.69 Å². The zero-order valence-electron chi connectivity index (χ0n) is 23.8. The van der Waals surface area contributed by atoms with Crippen molar-refractivity contribution in [3.05, 3.63) is 42.0 Å². The van der Waals surface area contributed by atoms with Crippen LogP contribution in [0.15, 0.2) is 24.7 Å². The molecule has 0 aliphatic rings. The van der Waals surface area contributed by atoms with Crippen molar-refractivity contribution in [2.24, 2.45) is 26.9 Å². The van der Waals surface area contributed by atoms with Gasteiger partial charge in [0.05, 0.1) is 12.1 Å². The number of carboxylic acids is 1. The molecule has 0 spiro atoms. The van der Waals surface area contributed by atoms with Gasteiger partial charge in [0.15, 0.2) is 11.6 Å². The summed E-state index contributed by atoms with van der Waals surface area (Å²) < 4.78 is 4.32. The van der Waals surface area contributed by atoms with Crippen molar-refractivity contribution in [2.75, 3.05) is 35.6 Å². The molecule has 230 valence electrons. The highest BCUT2D eigenvalue weighted by Crippen LogP contribution is 2.15. The van der Waals surface area contributed by atoms with Gasteiger partial charge in [-0.25, -0.2) is 9.97 Å². The number of hydrogen-bond acceptors (Lipinski definition) is 9. The monoisotopic (exact) mass is 599 g/mol. The topological polar surface area (TPSA) is 249 Å². The maximum absolute atomic E-state index is 12.7. The maximum atomic E-state index is 12.7. The SMILES string of the molecule is Cn1cc(NC(=O)c2nc(NC(=O)CCN)cn2C)cc1C(=O)NCCC(=O)Nc1cn(C)c(C(=O)NCCC(=O)O)n1. The Morgan fingerprint density at radius 3 is 1.84 bits per heavy atom. The Morgan fingerprint density at radius 1 is 0.721 bits per heavy atom. The average molecular weight is 600 g/mol. The van der Waals surface area contributed by atoms with E-state index in [4.69, 9.17) is 10.8 Å². The van der Waals surface area contributed by atoms with Crippen molar-refractivity contribution in [3.63, 3.8) is 0 Å². The number of nitrogens with zero attached hydrogens (tertiary/aromatic N) is 5. The lowest BCUT2D eigenvalue weighted by atomic mass is 10.3. The van der Waals surface area contributed by atoms with Crippen LogP contribution in [0.2, 0.25) is 0 Å². The highest BCUT2D eigenvalue weighted by atomic mass is 16.4. The third-order valence-electron chi connectivity index (χ3n) is 5.82. The fraction of sp³-hybridized carbons (Fsp3) is 0.360. The van der Waals surface area contributed by atoms with E-state index in [1.165, 1.54) is 38.4 Å². The second-order valence-corrected chi connectivity index (χ2v) is 9.34. The van der Waals surface area contributed by atoms with Gasteiger partial charge in [-0.3, -0.25) is 28.8 Å². The molecule has 0 unspecified atom stereocenters. The molecule has 0 saturated carbocycles. The summed E-state index contributed by atoms with van der Waals surface area (Å²) in [5.41, 5.74) is 5.90. The summed E-state index contributed by atoms with van der Waals surface area (Å²) in [6, 6.07) is 1.46. The number of carbonyl (C=O) groups excluding carboxylic acids is 5. The van der Waals surface area contributed by atoms with Gasteiger partial charge < -0.3 is 51.1 Å². The predicted octanol–water partition coefficient (Wildman–Crippen LogP) is -1.01. The molecule has 43 heavy (non-hydrogen) atoms. The van der Waals surface area contributed by atoms with Gasteiger partial charge in [0.25, 0.3) is 17.7 Å². The minimum absolute atomic E-state index is 0.0151. The lowest BCUT2D eigenvalue weighted by molar-refractivity contribution is -0.136. The Hall–Kier alpha value is -5.52. The first-order valence-corrected chi connectivity index (χ1v) is 13.0. The van der Waals surface area contributed by atoms with Crippen molar-refractivity contribution >= 4 is 52.8 Å². The molecule has 0 fully saturated rings. The smallest absolute Gasteiger partial charge is 0.305 e. The molecule has 3 aromatic rings. The largest absolute Gasteiger partial charge is 0.481 e. The summed E-state index contributed by atoms with van der Waals surface area (Å²) in [5.74, 6) is -3.17. The number of nitrogens with one attached hydrogen (secondary N) is 5. The number of anilines is 3. The van der Waals surface area contributed by atoms with E-state index in [9.17, 15) is 28.8 Å². The van der Waals surface area contributed by atoms with Crippen LogP contribution >= 0.6 is 0 Å². The van der Waals surface area contributed by atoms with Crippen molar-refractivity contribution in [3.8, 4) is 0 Å². The number of imidazole rings is 2. The lowest BCUT2D eigenvalue weighted by Gasteiger charge is -2.06. The second kappa shape index (κ2) is 14.4. The predicted molar refractivity (Wildman–Crippen MR) is 152 cm³/mol. The molecule has 0 aliphatic carbocycles. The van der Waals surface area contributed by atoms with Gasteiger partial charge in [0, 0.05) is 72.2 Å². The molecular formula is C25H33N11O7. The molecule has 0 aliphatic heterocycles. The molecule has 3 aromatic heterocycles. The molecule has 18 nitrogen and oxygen atoms in total. The van der Waals surface area contributed by atoms with Crippen molar-refractivity contribution in [1.82, 2.24) is 34.3 Å². The molecule has 0 radical (unpaired) electrons. The molecule has 0 saturated heterocycles. The summed E-state index contributed by atoms with van der Waals surface area (Å²) in [4.78, 5) is 80.5. The van der Waals surface area contributed by atoms with Crippen LogP contribution in [0.25, 0.3) is 0 Å². The number of aliphatic carboxylic acids is 1. The summed E-state index contributed by atoms with van der Waals surface area (Å²) in [6.45, 7) is 0.0916. The van der Waals surface area contributed by atoms with Crippen molar-refractivity contribution < 1.29 is 33.9 Å². The summed E-state index contributed by atoms with van der Waals surface area (Å²) >= 11 is 0.